The summed E-state index contributed by atoms with van der Waals surface area (Å²) in [5.41, 5.74) is 4.14. The summed E-state index contributed by atoms with van der Waals surface area (Å²) >= 11 is 0. The van der Waals surface area contributed by atoms with Gasteiger partial charge in [-0.2, -0.15) is 17.5 Å². The second-order valence-electron chi connectivity index (χ2n) is 5.72. The summed E-state index contributed by atoms with van der Waals surface area (Å²) in [6, 6.07) is 4.08. The molecule has 1 aromatic carbocycles. The molecule has 1 amide bonds. The second kappa shape index (κ2) is 9.89. The van der Waals surface area contributed by atoms with Gasteiger partial charge in [0.2, 0.25) is 15.9 Å². The van der Waals surface area contributed by atoms with Crippen LogP contribution in [-0.4, -0.2) is 44.9 Å². The predicted molar refractivity (Wildman–Crippen MR) is 90.6 cm³/mol. The van der Waals surface area contributed by atoms with Gasteiger partial charge >= 0.3 is 6.18 Å². The lowest BCUT2D eigenvalue weighted by Crippen LogP contribution is -2.40. The summed E-state index contributed by atoms with van der Waals surface area (Å²) in [5.74, 6) is -1.49. The smallest absolute Gasteiger partial charge is 0.381 e. The fourth-order valence-corrected chi connectivity index (χ4v) is 3.73. The lowest BCUT2D eigenvalue weighted by atomic mass is 10.1. The van der Waals surface area contributed by atoms with Crippen LogP contribution in [-0.2, 0) is 31.5 Å². The van der Waals surface area contributed by atoms with E-state index in [-0.39, 0.29) is 12.1 Å². The zero-order chi connectivity index (χ0) is 19.8. The first-order chi connectivity index (χ1) is 12.1. The lowest BCUT2D eigenvalue weighted by Gasteiger charge is -2.21. The molecule has 0 saturated carbocycles. The summed E-state index contributed by atoms with van der Waals surface area (Å²) < 4.78 is 69.5. The van der Waals surface area contributed by atoms with Gasteiger partial charge in [-0.15, -0.1) is 0 Å². The number of ether oxygens (including phenoxy) is 1. The van der Waals surface area contributed by atoms with Gasteiger partial charge < -0.3 is 10.5 Å². The Kier molecular flexibility index (Phi) is 8.51. The van der Waals surface area contributed by atoms with E-state index in [1.807, 2.05) is 6.92 Å². The Hall–Kier alpha value is -1.65. The van der Waals surface area contributed by atoms with E-state index in [1.165, 1.54) is 6.07 Å². The molecule has 0 atom stereocenters. The molecule has 0 fully saturated rings. The topological polar surface area (TPSA) is 89.7 Å². The molecule has 1 rings (SSSR count). The highest BCUT2D eigenvalue weighted by atomic mass is 32.2. The number of nitrogens with zero attached hydrogens (tertiary/aromatic N) is 1. The molecule has 148 valence electrons. The van der Waals surface area contributed by atoms with Crippen molar-refractivity contribution < 1.29 is 31.1 Å². The number of nitrogens with two attached hydrogens (primary N) is 1. The molecule has 0 aromatic heterocycles. The normalized spacial score (nSPS) is 12.5. The van der Waals surface area contributed by atoms with Crippen LogP contribution in [0.15, 0.2) is 24.3 Å². The quantitative estimate of drug-likeness (QED) is 0.581. The number of halogens is 3. The number of carbonyl (C=O) groups is 1. The van der Waals surface area contributed by atoms with Gasteiger partial charge in [0.1, 0.15) is 0 Å². The fourth-order valence-electron chi connectivity index (χ4n) is 2.22. The first kappa shape index (κ1) is 22.4. The second-order valence-corrected chi connectivity index (χ2v) is 7.69. The zero-order valence-corrected chi connectivity index (χ0v) is 15.3. The zero-order valence-electron chi connectivity index (χ0n) is 14.5. The fraction of sp³-hybridized carbons (Fsp3) is 0.562. The number of sulfonamides is 1. The highest BCUT2D eigenvalue weighted by Crippen LogP contribution is 2.30. The monoisotopic (exact) mass is 396 g/mol. The van der Waals surface area contributed by atoms with Gasteiger partial charge in [-0.05, 0) is 24.5 Å². The van der Waals surface area contributed by atoms with Crippen LogP contribution < -0.4 is 5.73 Å². The van der Waals surface area contributed by atoms with E-state index < -0.39 is 40.0 Å². The van der Waals surface area contributed by atoms with Crippen molar-refractivity contribution in [1.29, 1.82) is 0 Å². The number of carbonyl (C=O) groups excluding carboxylic acids is 1. The summed E-state index contributed by atoms with van der Waals surface area (Å²) in [7, 11) is -4.02. The molecule has 6 nitrogen and oxygen atoms in total. The van der Waals surface area contributed by atoms with Gasteiger partial charge in [0, 0.05) is 19.8 Å². The number of alkyl halides is 3. The Morgan fingerprint density at radius 2 is 1.96 bits per heavy atom. The summed E-state index contributed by atoms with van der Waals surface area (Å²) in [5, 5.41) is 0. The largest absolute Gasteiger partial charge is 0.416 e. The Morgan fingerprint density at radius 1 is 1.27 bits per heavy atom. The molecule has 1 aromatic rings. The molecule has 0 aliphatic rings. The maximum atomic E-state index is 12.8. The van der Waals surface area contributed by atoms with E-state index in [4.69, 9.17) is 10.5 Å². The number of primary amides is 1. The Bertz CT molecular complexity index is 693. The molecule has 0 saturated heterocycles. The predicted octanol–water partition coefficient (Wildman–Crippen LogP) is 2.14. The van der Waals surface area contributed by atoms with Crippen molar-refractivity contribution in [1.82, 2.24) is 4.31 Å². The maximum Gasteiger partial charge on any atom is 0.416 e. The van der Waals surface area contributed by atoms with Gasteiger partial charge in [0.15, 0.2) is 0 Å². The minimum atomic E-state index is -4.57. The van der Waals surface area contributed by atoms with Crippen LogP contribution in [0.1, 0.15) is 30.9 Å². The van der Waals surface area contributed by atoms with Gasteiger partial charge in [0.05, 0.1) is 17.9 Å². The van der Waals surface area contributed by atoms with Crippen LogP contribution in [0.5, 0.6) is 0 Å². The van der Waals surface area contributed by atoms with Crippen molar-refractivity contribution in [2.45, 2.75) is 31.7 Å². The first-order valence-electron chi connectivity index (χ1n) is 8.06. The molecule has 0 unspecified atom stereocenters. The van der Waals surface area contributed by atoms with Crippen molar-refractivity contribution in [3.8, 4) is 0 Å². The van der Waals surface area contributed by atoms with Gasteiger partial charge in [-0.1, -0.05) is 25.1 Å². The van der Waals surface area contributed by atoms with E-state index in [9.17, 15) is 26.4 Å². The Balaban J connectivity index is 2.86. The third-order valence-corrected chi connectivity index (χ3v) is 5.17. The molecule has 0 bridgehead atoms. The molecule has 10 heteroatoms. The lowest BCUT2D eigenvalue weighted by molar-refractivity contribution is -0.137. The summed E-state index contributed by atoms with van der Waals surface area (Å²) in [6.07, 6.45) is -3.41. The van der Waals surface area contributed by atoms with E-state index >= 15 is 0 Å². The highest BCUT2D eigenvalue weighted by Gasteiger charge is 2.31. The average molecular weight is 396 g/mol. The molecule has 0 aliphatic heterocycles. The molecule has 2 N–H and O–H groups in total. The Morgan fingerprint density at radius 3 is 2.54 bits per heavy atom. The number of rotatable bonds is 11. The first-order valence-corrected chi connectivity index (χ1v) is 9.67. The number of hydrogen-bond acceptors (Lipinski definition) is 4. The van der Waals surface area contributed by atoms with Crippen LogP contribution >= 0.6 is 0 Å². The summed E-state index contributed by atoms with van der Waals surface area (Å²) in [6.45, 7) is 2.23. The van der Waals surface area contributed by atoms with Gasteiger partial charge in [-0.3, -0.25) is 4.79 Å². The van der Waals surface area contributed by atoms with Crippen LogP contribution in [0.3, 0.4) is 0 Å². The van der Waals surface area contributed by atoms with Crippen molar-refractivity contribution in [2.24, 2.45) is 5.73 Å². The van der Waals surface area contributed by atoms with Crippen LogP contribution in [0.25, 0.3) is 0 Å². The molecule has 0 heterocycles. The van der Waals surface area contributed by atoms with Crippen LogP contribution in [0.4, 0.5) is 13.2 Å². The number of benzene rings is 1. The third kappa shape index (κ3) is 7.71. The molecule has 0 radical (unpaired) electrons. The highest BCUT2D eigenvalue weighted by molar-refractivity contribution is 7.88. The minimum Gasteiger partial charge on any atom is -0.381 e. The molecule has 0 aliphatic carbocycles. The van der Waals surface area contributed by atoms with E-state index in [2.05, 4.69) is 0 Å². The molecule has 0 spiro atoms. The maximum absolute atomic E-state index is 12.8. The van der Waals surface area contributed by atoms with Gasteiger partial charge in [0.25, 0.3) is 0 Å². The molecular formula is C16H23F3N2O4S. The van der Waals surface area contributed by atoms with Crippen molar-refractivity contribution in [3.63, 3.8) is 0 Å². The number of amides is 1. The van der Waals surface area contributed by atoms with Crippen molar-refractivity contribution in [2.75, 3.05) is 26.3 Å². The van der Waals surface area contributed by atoms with Crippen LogP contribution in [0.2, 0.25) is 0 Å². The Labute approximate surface area is 151 Å². The van der Waals surface area contributed by atoms with Gasteiger partial charge in [-0.25, -0.2) is 8.42 Å². The minimum absolute atomic E-state index is 0.00600. The standard InChI is InChI=1S/C16H23F3N2O4S/c1-2-8-25-9-4-7-21(11-15(20)22)26(23,24)12-13-5-3-6-14(10-13)16(17,18)19/h3,5-6,10H,2,4,7-9,11-12H2,1H3,(H2,20,22). The third-order valence-electron chi connectivity index (χ3n) is 3.37. The average Bonchev–Trinajstić information content (AvgIpc) is 2.52. The van der Waals surface area contributed by atoms with E-state index in [1.54, 1.807) is 0 Å². The SMILES string of the molecule is CCCOCCCN(CC(N)=O)S(=O)(=O)Cc1cccc(C(F)(F)F)c1. The van der Waals surface area contributed by atoms with Crippen molar-refractivity contribution >= 4 is 15.9 Å². The molecular weight excluding hydrogens is 373 g/mol. The van der Waals surface area contributed by atoms with E-state index in [0.717, 1.165) is 28.9 Å². The van der Waals surface area contributed by atoms with Crippen molar-refractivity contribution in [3.05, 3.63) is 35.4 Å². The molecule has 26 heavy (non-hydrogen) atoms. The van der Waals surface area contributed by atoms with Crippen LogP contribution in [0, 0.1) is 0 Å². The number of hydrogen-bond donors (Lipinski definition) is 1. The van der Waals surface area contributed by atoms with E-state index in [0.29, 0.717) is 19.6 Å². The summed E-state index contributed by atoms with van der Waals surface area (Å²) in [4.78, 5) is 11.2.